The maximum Gasteiger partial charge on any atom is 0.294 e. The molecule has 0 amide bonds. The molecule has 7 nitrogen and oxygen atoms in total. The molecule has 0 saturated heterocycles. The predicted octanol–water partition coefficient (Wildman–Crippen LogP) is 4.30. The van der Waals surface area contributed by atoms with E-state index in [9.17, 15) is 10.1 Å². The van der Waals surface area contributed by atoms with Crippen molar-refractivity contribution in [1.29, 1.82) is 0 Å². The van der Waals surface area contributed by atoms with E-state index in [1.807, 2.05) is 51.0 Å². The van der Waals surface area contributed by atoms with Crippen molar-refractivity contribution in [2.75, 3.05) is 20.8 Å². The molecule has 0 aromatic heterocycles. The lowest BCUT2D eigenvalue weighted by Crippen LogP contribution is -2.09. The Hall–Kier alpha value is -1.99. The lowest BCUT2D eigenvalue weighted by molar-refractivity contribution is -0.759. The Morgan fingerprint density at radius 3 is 1.96 bits per heavy atom. The number of aliphatic hydroxyl groups excluding tert-OH is 1. The molecular weight excluding hydrogens is 338 g/mol. The minimum atomic E-state index is -0.744. The van der Waals surface area contributed by atoms with Crippen LogP contribution >= 0.6 is 0 Å². The first kappa shape index (κ1) is 31.7. The summed E-state index contributed by atoms with van der Waals surface area (Å²) in [5.74, 6) is 0.287. The molecule has 1 aromatic carbocycles. The second-order valence-corrected chi connectivity index (χ2v) is 5.04. The fourth-order valence-electron chi connectivity index (χ4n) is 1.51. The molecule has 0 fully saturated rings. The van der Waals surface area contributed by atoms with Crippen LogP contribution in [-0.4, -0.2) is 37.8 Å². The van der Waals surface area contributed by atoms with E-state index >= 15 is 0 Å². The van der Waals surface area contributed by atoms with Crippen LogP contribution in [-0.2, 0) is 21.0 Å². The number of carbonyl (C=O) groups is 1. The molecule has 0 saturated carbocycles. The summed E-state index contributed by atoms with van der Waals surface area (Å²) < 4.78 is 4.93. The van der Waals surface area contributed by atoms with Crippen molar-refractivity contribution in [3.63, 3.8) is 0 Å². The average Bonchev–Trinajstić information content (AvgIpc) is 2.66. The first-order chi connectivity index (χ1) is 12.5. The van der Waals surface area contributed by atoms with E-state index in [0.29, 0.717) is 6.61 Å². The van der Waals surface area contributed by atoms with Gasteiger partial charge in [-0.3, -0.25) is 0 Å². The molecule has 7 heteroatoms. The number of ether oxygens (including phenoxy) is 1. The summed E-state index contributed by atoms with van der Waals surface area (Å²) in [6.07, 6.45) is 3.27. The number of hydrogen-bond acceptors (Lipinski definition) is 6. The standard InChI is InChI=1S/C8H10O.C6H13NO3.C3H8.CH4O.CH2O/c1-9-7-8-5-3-2-4-6-8;1-3-4-6(2)5-10-7(8)9;1-3-2;2*1-2/h2-6H,7H2,1H3;6H,3-5H2,1-2H3;3H2,1-2H3;2H,1H3;1H2. The molecular formula is C19H37NO6. The number of hydrogen-bond donors (Lipinski definition) is 1. The number of aliphatic hydroxyl groups is 1. The summed E-state index contributed by atoms with van der Waals surface area (Å²) in [6.45, 7) is 11.2. The summed E-state index contributed by atoms with van der Waals surface area (Å²) in [5, 5.41) is 15.9. The van der Waals surface area contributed by atoms with Gasteiger partial charge in [-0.2, -0.15) is 0 Å². The molecule has 0 bridgehead atoms. The van der Waals surface area contributed by atoms with E-state index in [0.717, 1.165) is 20.0 Å². The normalized spacial score (nSPS) is 9.19. The smallest absolute Gasteiger partial charge is 0.294 e. The molecule has 0 radical (unpaired) electrons. The van der Waals surface area contributed by atoms with E-state index in [1.54, 1.807) is 7.11 Å². The largest absolute Gasteiger partial charge is 0.400 e. The Morgan fingerprint density at radius 2 is 1.62 bits per heavy atom. The van der Waals surface area contributed by atoms with Gasteiger partial charge in [-0.15, -0.1) is 10.1 Å². The van der Waals surface area contributed by atoms with Crippen molar-refractivity contribution >= 4 is 6.79 Å². The molecule has 1 atom stereocenters. The number of benzene rings is 1. The van der Waals surface area contributed by atoms with Gasteiger partial charge in [0.25, 0.3) is 5.09 Å². The molecule has 0 aliphatic rings. The van der Waals surface area contributed by atoms with Crippen molar-refractivity contribution in [3.05, 3.63) is 46.0 Å². The van der Waals surface area contributed by atoms with Crippen LogP contribution in [0.3, 0.4) is 0 Å². The predicted molar refractivity (Wildman–Crippen MR) is 105 cm³/mol. The van der Waals surface area contributed by atoms with E-state index in [4.69, 9.17) is 14.6 Å². The topological polar surface area (TPSA) is 98.9 Å². The monoisotopic (exact) mass is 375 g/mol. The van der Waals surface area contributed by atoms with Gasteiger partial charge >= 0.3 is 0 Å². The third-order valence-electron chi connectivity index (χ3n) is 2.40. The number of carbonyl (C=O) groups excluding carboxylic acids is 1. The summed E-state index contributed by atoms with van der Waals surface area (Å²) >= 11 is 0. The van der Waals surface area contributed by atoms with E-state index in [-0.39, 0.29) is 12.5 Å². The van der Waals surface area contributed by atoms with Gasteiger partial charge in [0, 0.05) is 14.2 Å². The minimum absolute atomic E-state index is 0.223. The Balaban J connectivity index is -0.000000139. The maximum absolute atomic E-state index is 9.69. The van der Waals surface area contributed by atoms with Crippen molar-refractivity contribution in [2.45, 2.75) is 53.6 Å². The van der Waals surface area contributed by atoms with Gasteiger partial charge < -0.3 is 19.5 Å². The zero-order valence-electron chi connectivity index (χ0n) is 17.1. The summed E-state index contributed by atoms with van der Waals surface area (Å²) in [6, 6.07) is 10.1. The van der Waals surface area contributed by atoms with Crippen molar-refractivity contribution < 1.29 is 24.6 Å². The molecule has 154 valence electrons. The van der Waals surface area contributed by atoms with Crippen LogP contribution in [0.25, 0.3) is 0 Å². The van der Waals surface area contributed by atoms with Crippen LogP contribution in [0.1, 0.15) is 52.5 Å². The highest BCUT2D eigenvalue weighted by Crippen LogP contribution is 2.04. The zero-order chi connectivity index (χ0) is 21.2. The third kappa shape index (κ3) is 33.6. The van der Waals surface area contributed by atoms with Crippen LogP contribution in [0, 0.1) is 16.0 Å². The fraction of sp³-hybridized carbons (Fsp3) is 0.632. The molecule has 0 aliphatic carbocycles. The highest BCUT2D eigenvalue weighted by Gasteiger charge is 2.02. The van der Waals surface area contributed by atoms with Gasteiger partial charge in [-0.25, -0.2) is 0 Å². The molecule has 1 rings (SSSR count). The van der Waals surface area contributed by atoms with Gasteiger partial charge in [0.1, 0.15) is 6.79 Å². The third-order valence-corrected chi connectivity index (χ3v) is 2.40. The molecule has 0 heterocycles. The highest BCUT2D eigenvalue weighted by atomic mass is 16.9. The molecule has 1 N–H and O–H groups in total. The van der Waals surface area contributed by atoms with Gasteiger partial charge in [-0.1, -0.05) is 70.9 Å². The Bertz CT molecular complexity index is 362. The molecule has 1 aromatic rings. The number of rotatable bonds is 7. The van der Waals surface area contributed by atoms with Crippen molar-refractivity contribution in [3.8, 4) is 0 Å². The minimum Gasteiger partial charge on any atom is -0.400 e. The van der Waals surface area contributed by atoms with E-state index in [1.165, 1.54) is 12.0 Å². The van der Waals surface area contributed by atoms with Crippen LogP contribution < -0.4 is 0 Å². The van der Waals surface area contributed by atoms with Gasteiger partial charge in [0.15, 0.2) is 0 Å². The molecule has 0 aliphatic heterocycles. The number of nitrogens with zero attached hydrogens (tertiary/aromatic N) is 1. The second kappa shape index (κ2) is 30.8. The van der Waals surface area contributed by atoms with Gasteiger partial charge in [0.2, 0.25) is 0 Å². The van der Waals surface area contributed by atoms with Gasteiger partial charge in [0.05, 0.1) is 13.2 Å². The number of methoxy groups -OCH3 is 1. The van der Waals surface area contributed by atoms with Crippen molar-refractivity contribution in [1.82, 2.24) is 0 Å². The summed E-state index contributed by atoms with van der Waals surface area (Å²) in [7, 11) is 2.70. The Kier molecular flexibility index (Phi) is 37.7. The quantitative estimate of drug-likeness (QED) is 0.563. The molecule has 1 unspecified atom stereocenters. The maximum atomic E-state index is 9.69. The van der Waals surface area contributed by atoms with Crippen LogP contribution in [0.2, 0.25) is 0 Å². The van der Waals surface area contributed by atoms with Crippen molar-refractivity contribution in [2.24, 2.45) is 5.92 Å². The lowest BCUT2D eigenvalue weighted by atomic mass is 10.1. The molecule has 26 heavy (non-hydrogen) atoms. The SMILES string of the molecule is C=O.CCC.CCCC(C)CO[N+](=O)[O-].CO.COCc1ccccc1. The molecule has 0 spiro atoms. The fourth-order valence-corrected chi connectivity index (χ4v) is 1.51. The van der Waals surface area contributed by atoms with Crippen LogP contribution in [0.15, 0.2) is 30.3 Å². The van der Waals surface area contributed by atoms with Crippen LogP contribution in [0.4, 0.5) is 0 Å². The Morgan fingerprint density at radius 1 is 1.15 bits per heavy atom. The first-order valence-electron chi connectivity index (χ1n) is 8.55. The second-order valence-electron chi connectivity index (χ2n) is 5.04. The Labute approximate surface area is 158 Å². The van der Waals surface area contributed by atoms with E-state index in [2.05, 4.69) is 18.7 Å². The van der Waals surface area contributed by atoms with Crippen LogP contribution in [0.5, 0.6) is 0 Å². The lowest BCUT2D eigenvalue weighted by Gasteiger charge is -2.06. The van der Waals surface area contributed by atoms with Gasteiger partial charge in [-0.05, 0) is 17.9 Å². The average molecular weight is 376 g/mol. The summed E-state index contributed by atoms with van der Waals surface area (Å²) in [4.78, 5) is 21.9. The zero-order valence-corrected chi connectivity index (χ0v) is 17.1. The summed E-state index contributed by atoms with van der Waals surface area (Å²) in [5.41, 5.74) is 1.22. The highest BCUT2D eigenvalue weighted by molar-refractivity contribution is 5.13. The van der Waals surface area contributed by atoms with E-state index < -0.39 is 5.09 Å². The first-order valence-corrected chi connectivity index (χ1v) is 8.55.